The number of allylic oxidation sites excluding steroid dienone is 1. The van der Waals surface area contributed by atoms with Gasteiger partial charge in [-0.05, 0) is 6.08 Å². The Morgan fingerprint density at radius 3 is 2.60 bits per heavy atom. The third kappa shape index (κ3) is 3.07. The van der Waals surface area contributed by atoms with Crippen LogP contribution in [0.25, 0.3) is 0 Å². The minimum atomic E-state index is 0.638. The van der Waals surface area contributed by atoms with Crippen molar-refractivity contribution in [3.63, 3.8) is 0 Å². The molecule has 0 radical (unpaired) electrons. The highest BCUT2D eigenvalue weighted by molar-refractivity contribution is 5.76. The Kier molecular flexibility index (Phi) is 4.29. The van der Waals surface area contributed by atoms with Crippen LogP contribution in [0.3, 0.4) is 0 Å². The largest absolute Gasteiger partial charge is 0.484 e. The molecular weight excluding hydrogens is 126 g/mol. The standard InChI is InChI=1S/C8H13NO/c1-5-7(3)9-8(6-2)10-4/h5H,1,3,6H2,2,4H3/b9-8+. The zero-order valence-corrected chi connectivity index (χ0v) is 6.55. The van der Waals surface area contributed by atoms with Crippen LogP contribution in [0.5, 0.6) is 0 Å². The van der Waals surface area contributed by atoms with Crippen molar-refractivity contribution in [1.29, 1.82) is 0 Å². The lowest BCUT2D eigenvalue weighted by Crippen LogP contribution is -1.98. The number of hydrogen-bond acceptors (Lipinski definition) is 2. The van der Waals surface area contributed by atoms with Gasteiger partial charge in [-0.2, -0.15) is 0 Å². The van der Waals surface area contributed by atoms with Crippen molar-refractivity contribution >= 4 is 5.90 Å². The summed E-state index contributed by atoms with van der Waals surface area (Å²) in [6.45, 7) is 9.11. The summed E-state index contributed by atoms with van der Waals surface area (Å²) in [5.74, 6) is 0.685. The van der Waals surface area contributed by atoms with Gasteiger partial charge in [0.25, 0.3) is 0 Å². The predicted octanol–water partition coefficient (Wildman–Crippen LogP) is 2.14. The third-order valence-corrected chi connectivity index (χ3v) is 1.04. The number of nitrogens with zero attached hydrogens (tertiary/aromatic N) is 1. The fourth-order valence-electron chi connectivity index (χ4n) is 0.475. The lowest BCUT2D eigenvalue weighted by atomic mass is 10.4. The quantitative estimate of drug-likeness (QED) is 0.333. The van der Waals surface area contributed by atoms with Crippen LogP contribution in [-0.2, 0) is 4.74 Å². The molecule has 0 bridgehead atoms. The van der Waals surface area contributed by atoms with Gasteiger partial charge in [0.05, 0.1) is 12.8 Å². The predicted molar refractivity (Wildman–Crippen MR) is 44.1 cm³/mol. The molecule has 56 valence electrons. The van der Waals surface area contributed by atoms with E-state index in [1.165, 1.54) is 0 Å². The van der Waals surface area contributed by atoms with Gasteiger partial charge in [-0.15, -0.1) is 0 Å². The fraction of sp³-hybridized carbons (Fsp3) is 0.375. The smallest absolute Gasteiger partial charge is 0.187 e. The van der Waals surface area contributed by atoms with Crippen LogP contribution in [-0.4, -0.2) is 13.0 Å². The van der Waals surface area contributed by atoms with Crippen molar-refractivity contribution < 1.29 is 4.74 Å². The molecule has 0 aliphatic rings. The Balaban J connectivity index is 4.09. The molecule has 0 spiro atoms. The molecule has 0 fully saturated rings. The molecule has 0 aromatic carbocycles. The van der Waals surface area contributed by atoms with Gasteiger partial charge < -0.3 is 4.74 Å². The molecule has 10 heavy (non-hydrogen) atoms. The molecule has 0 amide bonds. The average Bonchev–Trinajstić information content (AvgIpc) is 1.99. The molecule has 2 nitrogen and oxygen atoms in total. The van der Waals surface area contributed by atoms with E-state index in [4.69, 9.17) is 4.74 Å². The summed E-state index contributed by atoms with van der Waals surface area (Å²) in [6, 6.07) is 0. The summed E-state index contributed by atoms with van der Waals surface area (Å²) < 4.78 is 4.91. The van der Waals surface area contributed by atoms with Crippen LogP contribution in [0.1, 0.15) is 13.3 Å². The first kappa shape index (κ1) is 8.95. The van der Waals surface area contributed by atoms with E-state index in [1.807, 2.05) is 6.92 Å². The van der Waals surface area contributed by atoms with Gasteiger partial charge in [0.15, 0.2) is 5.90 Å². The maximum Gasteiger partial charge on any atom is 0.187 e. The summed E-state index contributed by atoms with van der Waals surface area (Å²) >= 11 is 0. The maximum atomic E-state index is 4.91. The summed E-state index contributed by atoms with van der Waals surface area (Å²) in [6.07, 6.45) is 2.37. The summed E-state index contributed by atoms with van der Waals surface area (Å²) in [5.41, 5.74) is 0.638. The molecule has 0 rings (SSSR count). The molecule has 0 unspecified atom stereocenters. The Labute approximate surface area is 61.9 Å². The van der Waals surface area contributed by atoms with E-state index >= 15 is 0 Å². The molecule has 0 atom stereocenters. The molecular formula is C8H13NO. The Morgan fingerprint density at radius 2 is 2.30 bits per heavy atom. The van der Waals surface area contributed by atoms with Crippen molar-refractivity contribution in [2.24, 2.45) is 4.99 Å². The van der Waals surface area contributed by atoms with E-state index in [2.05, 4.69) is 18.2 Å². The van der Waals surface area contributed by atoms with Crippen molar-refractivity contribution in [2.45, 2.75) is 13.3 Å². The van der Waals surface area contributed by atoms with Crippen LogP contribution in [0.4, 0.5) is 0 Å². The van der Waals surface area contributed by atoms with E-state index in [-0.39, 0.29) is 0 Å². The summed E-state index contributed by atoms with van der Waals surface area (Å²) in [5, 5.41) is 0. The van der Waals surface area contributed by atoms with Crippen LogP contribution >= 0.6 is 0 Å². The van der Waals surface area contributed by atoms with E-state index in [9.17, 15) is 0 Å². The first-order valence-electron chi connectivity index (χ1n) is 3.17. The highest BCUT2D eigenvalue weighted by atomic mass is 16.5. The van der Waals surface area contributed by atoms with Gasteiger partial charge in [0.1, 0.15) is 0 Å². The molecule has 0 aliphatic carbocycles. The zero-order valence-electron chi connectivity index (χ0n) is 6.55. The van der Waals surface area contributed by atoms with Gasteiger partial charge in [0, 0.05) is 6.42 Å². The highest BCUT2D eigenvalue weighted by Gasteiger charge is 1.91. The summed E-state index contributed by atoms with van der Waals surface area (Å²) in [4.78, 5) is 4.01. The average molecular weight is 139 g/mol. The fourth-order valence-corrected chi connectivity index (χ4v) is 0.475. The van der Waals surface area contributed by atoms with E-state index in [0.29, 0.717) is 11.6 Å². The third-order valence-electron chi connectivity index (χ3n) is 1.04. The van der Waals surface area contributed by atoms with Crippen LogP contribution in [0.15, 0.2) is 29.9 Å². The van der Waals surface area contributed by atoms with Gasteiger partial charge in [-0.25, -0.2) is 4.99 Å². The minimum Gasteiger partial charge on any atom is -0.484 e. The van der Waals surface area contributed by atoms with Crippen molar-refractivity contribution in [3.05, 3.63) is 24.9 Å². The first-order chi connectivity index (χ1) is 4.74. The van der Waals surface area contributed by atoms with Gasteiger partial charge in [0.2, 0.25) is 0 Å². The van der Waals surface area contributed by atoms with E-state index in [1.54, 1.807) is 13.2 Å². The number of methoxy groups -OCH3 is 1. The number of rotatable bonds is 3. The Bertz CT molecular complexity index is 153. The second kappa shape index (κ2) is 4.79. The molecule has 2 heteroatoms. The van der Waals surface area contributed by atoms with Crippen molar-refractivity contribution in [1.82, 2.24) is 0 Å². The summed E-state index contributed by atoms with van der Waals surface area (Å²) in [7, 11) is 1.60. The van der Waals surface area contributed by atoms with Gasteiger partial charge in [-0.3, -0.25) is 0 Å². The van der Waals surface area contributed by atoms with Crippen molar-refractivity contribution in [2.75, 3.05) is 7.11 Å². The van der Waals surface area contributed by atoms with Gasteiger partial charge in [-0.1, -0.05) is 20.1 Å². The molecule has 0 aliphatic heterocycles. The molecule has 0 aromatic rings. The van der Waals surface area contributed by atoms with E-state index in [0.717, 1.165) is 6.42 Å². The molecule has 0 heterocycles. The Morgan fingerprint density at radius 1 is 1.70 bits per heavy atom. The second-order valence-corrected chi connectivity index (χ2v) is 1.76. The SMILES string of the molecule is C=CC(=C)/N=C(\CC)OC. The Hall–Kier alpha value is -1.05. The normalized spacial score (nSPS) is 10.8. The topological polar surface area (TPSA) is 21.6 Å². The lowest BCUT2D eigenvalue weighted by Gasteiger charge is -1.99. The van der Waals surface area contributed by atoms with Crippen molar-refractivity contribution in [3.8, 4) is 0 Å². The maximum absolute atomic E-state index is 4.91. The molecule has 0 saturated carbocycles. The highest BCUT2D eigenvalue weighted by Crippen LogP contribution is 1.96. The number of hydrogen-bond donors (Lipinski definition) is 0. The lowest BCUT2D eigenvalue weighted by molar-refractivity contribution is 0.392. The molecule has 0 saturated heterocycles. The van der Waals surface area contributed by atoms with Gasteiger partial charge >= 0.3 is 0 Å². The van der Waals surface area contributed by atoms with Crippen LogP contribution < -0.4 is 0 Å². The van der Waals surface area contributed by atoms with Crippen LogP contribution in [0.2, 0.25) is 0 Å². The molecule has 0 N–H and O–H groups in total. The molecule has 0 aromatic heterocycles. The first-order valence-corrected chi connectivity index (χ1v) is 3.17. The monoisotopic (exact) mass is 139 g/mol. The number of ether oxygens (including phenoxy) is 1. The number of aliphatic imine (C=N–C) groups is 1. The second-order valence-electron chi connectivity index (χ2n) is 1.76. The van der Waals surface area contributed by atoms with E-state index < -0.39 is 0 Å². The van der Waals surface area contributed by atoms with Crippen LogP contribution in [0, 0.1) is 0 Å². The minimum absolute atomic E-state index is 0.638. The zero-order chi connectivity index (χ0) is 7.98.